The SMILES string of the molecule is Cc1cc(CN2CCN(C(=O)COc3ccc(Cl)cc3CCS(=O)(=O)O)CC2)c(C)cc1Cl. The first kappa shape index (κ1) is 25.8. The number of rotatable bonds is 8. The highest BCUT2D eigenvalue weighted by Crippen LogP contribution is 2.25. The first-order valence-corrected chi connectivity index (χ1v) is 13.0. The molecule has 10 heteroatoms. The van der Waals surface area contributed by atoms with E-state index in [4.69, 9.17) is 32.5 Å². The van der Waals surface area contributed by atoms with Crippen molar-refractivity contribution >= 4 is 39.2 Å². The third-order valence-corrected chi connectivity index (χ3v) is 7.10. The number of nitrogens with zero attached hydrogens (tertiary/aromatic N) is 2. The summed E-state index contributed by atoms with van der Waals surface area (Å²) >= 11 is 12.2. The number of carbonyl (C=O) groups excluding carboxylic acids is 1. The summed E-state index contributed by atoms with van der Waals surface area (Å²) < 4.78 is 36.8. The molecule has 2 aromatic carbocycles. The molecule has 1 amide bonds. The summed E-state index contributed by atoms with van der Waals surface area (Å²) in [5.74, 6) is -0.209. The van der Waals surface area contributed by atoms with Crippen molar-refractivity contribution in [1.29, 1.82) is 0 Å². The Labute approximate surface area is 205 Å². The fraction of sp³-hybridized carbons (Fsp3) is 0.435. The van der Waals surface area contributed by atoms with Crippen LogP contribution in [0, 0.1) is 13.8 Å². The zero-order chi connectivity index (χ0) is 24.2. The monoisotopic (exact) mass is 514 g/mol. The Bertz CT molecular complexity index is 1120. The Balaban J connectivity index is 1.52. The van der Waals surface area contributed by atoms with Crippen LogP contribution in [0.15, 0.2) is 30.3 Å². The third-order valence-electron chi connectivity index (χ3n) is 5.74. The number of carbonyl (C=O) groups is 1. The van der Waals surface area contributed by atoms with Crippen molar-refractivity contribution in [1.82, 2.24) is 9.80 Å². The molecule has 1 aliphatic heterocycles. The number of hydrogen-bond donors (Lipinski definition) is 1. The summed E-state index contributed by atoms with van der Waals surface area (Å²) in [6.45, 7) is 7.42. The van der Waals surface area contributed by atoms with Gasteiger partial charge in [-0.1, -0.05) is 29.3 Å². The number of aryl methyl sites for hydroxylation is 3. The van der Waals surface area contributed by atoms with Crippen LogP contribution in [0.3, 0.4) is 0 Å². The summed E-state index contributed by atoms with van der Waals surface area (Å²) in [7, 11) is -4.12. The number of halogens is 2. The fourth-order valence-corrected chi connectivity index (χ4v) is 4.65. The smallest absolute Gasteiger partial charge is 0.265 e. The maximum Gasteiger partial charge on any atom is 0.265 e. The number of piperazine rings is 1. The number of ether oxygens (including phenoxy) is 1. The Morgan fingerprint density at radius 1 is 1.03 bits per heavy atom. The van der Waals surface area contributed by atoms with E-state index in [0.717, 1.165) is 35.8 Å². The average molecular weight is 515 g/mol. The minimum absolute atomic E-state index is 0.0329. The van der Waals surface area contributed by atoms with Gasteiger partial charge in [-0.05, 0) is 66.8 Å². The molecule has 0 aliphatic carbocycles. The molecule has 1 aliphatic rings. The third kappa shape index (κ3) is 7.58. The molecule has 1 saturated heterocycles. The predicted octanol–water partition coefficient (Wildman–Crippen LogP) is 3.76. The molecule has 0 spiro atoms. The van der Waals surface area contributed by atoms with E-state index in [1.54, 1.807) is 23.1 Å². The van der Waals surface area contributed by atoms with Crippen molar-refractivity contribution in [2.24, 2.45) is 0 Å². The molecular formula is C23H28Cl2N2O5S. The van der Waals surface area contributed by atoms with Crippen LogP contribution in [0.5, 0.6) is 5.75 Å². The highest BCUT2D eigenvalue weighted by molar-refractivity contribution is 7.85. The molecule has 7 nitrogen and oxygen atoms in total. The van der Waals surface area contributed by atoms with Crippen LogP contribution in [-0.2, 0) is 27.9 Å². The Hall–Kier alpha value is -1.84. The van der Waals surface area contributed by atoms with Gasteiger partial charge in [0, 0.05) is 42.8 Å². The largest absolute Gasteiger partial charge is 0.483 e. The molecule has 0 unspecified atom stereocenters. The van der Waals surface area contributed by atoms with Gasteiger partial charge in [0.05, 0.1) is 5.75 Å². The van der Waals surface area contributed by atoms with Gasteiger partial charge in [-0.2, -0.15) is 8.42 Å². The van der Waals surface area contributed by atoms with Gasteiger partial charge in [0.1, 0.15) is 5.75 Å². The van der Waals surface area contributed by atoms with Crippen molar-refractivity contribution in [3.63, 3.8) is 0 Å². The summed E-state index contributed by atoms with van der Waals surface area (Å²) in [6.07, 6.45) is 0.0329. The molecule has 0 saturated carbocycles. The van der Waals surface area contributed by atoms with Gasteiger partial charge in [-0.15, -0.1) is 0 Å². The minimum Gasteiger partial charge on any atom is -0.483 e. The molecule has 0 bridgehead atoms. The van der Waals surface area contributed by atoms with Crippen LogP contribution in [0.25, 0.3) is 0 Å². The quantitative estimate of drug-likeness (QED) is 0.539. The van der Waals surface area contributed by atoms with E-state index >= 15 is 0 Å². The molecular weight excluding hydrogens is 487 g/mol. The van der Waals surface area contributed by atoms with Gasteiger partial charge in [0.15, 0.2) is 6.61 Å². The van der Waals surface area contributed by atoms with E-state index < -0.39 is 15.9 Å². The van der Waals surface area contributed by atoms with E-state index in [9.17, 15) is 13.2 Å². The second-order valence-electron chi connectivity index (χ2n) is 8.26. The Kier molecular flexibility index (Phi) is 8.64. The van der Waals surface area contributed by atoms with Crippen LogP contribution in [-0.4, -0.2) is 67.2 Å². The maximum atomic E-state index is 12.7. The number of amides is 1. The zero-order valence-electron chi connectivity index (χ0n) is 18.7. The number of hydrogen-bond acceptors (Lipinski definition) is 5. The maximum absolute atomic E-state index is 12.7. The van der Waals surface area contributed by atoms with Crippen molar-refractivity contribution in [2.45, 2.75) is 26.8 Å². The first-order valence-electron chi connectivity index (χ1n) is 10.6. The molecule has 33 heavy (non-hydrogen) atoms. The second-order valence-corrected chi connectivity index (χ2v) is 10.7. The molecule has 0 radical (unpaired) electrons. The minimum atomic E-state index is -4.12. The lowest BCUT2D eigenvalue weighted by Crippen LogP contribution is -2.49. The lowest BCUT2D eigenvalue weighted by molar-refractivity contribution is -0.135. The second kappa shape index (κ2) is 11.1. The lowest BCUT2D eigenvalue weighted by Gasteiger charge is -2.35. The van der Waals surface area contributed by atoms with E-state index in [2.05, 4.69) is 17.9 Å². The predicted molar refractivity (Wildman–Crippen MR) is 130 cm³/mol. The van der Waals surface area contributed by atoms with Gasteiger partial charge in [-0.3, -0.25) is 14.2 Å². The van der Waals surface area contributed by atoms with Gasteiger partial charge in [0.2, 0.25) is 0 Å². The molecule has 0 atom stereocenters. The zero-order valence-corrected chi connectivity index (χ0v) is 21.0. The summed E-state index contributed by atoms with van der Waals surface area (Å²) in [4.78, 5) is 16.8. The summed E-state index contributed by atoms with van der Waals surface area (Å²) in [6, 6.07) is 8.89. The molecule has 1 N–H and O–H groups in total. The molecule has 2 aromatic rings. The Morgan fingerprint density at radius 2 is 1.73 bits per heavy atom. The highest BCUT2D eigenvalue weighted by atomic mass is 35.5. The molecule has 1 heterocycles. The first-order chi connectivity index (χ1) is 15.5. The molecule has 0 aromatic heterocycles. The standard InChI is InChI=1S/C23H28Cl2N2O5S/c1-16-12-21(25)17(2)11-19(16)14-26-6-8-27(9-7-26)23(28)15-32-22-4-3-20(24)13-18(22)5-10-33(29,30)31/h3-4,11-13H,5-10,14-15H2,1-2H3,(H,29,30,31). The lowest BCUT2D eigenvalue weighted by atomic mass is 10.0. The van der Waals surface area contributed by atoms with Gasteiger partial charge in [-0.25, -0.2) is 0 Å². The topological polar surface area (TPSA) is 87.2 Å². The van der Waals surface area contributed by atoms with Crippen molar-refractivity contribution in [3.05, 3.63) is 62.6 Å². The average Bonchev–Trinajstić information content (AvgIpc) is 2.75. The van der Waals surface area contributed by atoms with Crippen molar-refractivity contribution in [3.8, 4) is 5.75 Å². The van der Waals surface area contributed by atoms with E-state index in [0.29, 0.717) is 29.4 Å². The normalized spacial score (nSPS) is 15.0. The van der Waals surface area contributed by atoms with Gasteiger partial charge < -0.3 is 9.64 Å². The van der Waals surface area contributed by atoms with Gasteiger partial charge >= 0.3 is 0 Å². The van der Waals surface area contributed by atoms with Crippen LogP contribution < -0.4 is 4.74 Å². The summed E-state index contributed by atoms with van der Waals surface area (Å²) in [5.41, 5.74) is 3.97. The number of benzene rings is 2. The van der Waals surface area contributed by atoms with E-state index in [1.165, 1.54) is 5.56 Å². The Morgan fingerprint density at radius 3 is 2.39 bits per heavy atom. The molecule has 1 fully saturated rings. The fourth-order valence-electron chi connectivity index (χ4n) is 3.76. The molecule has 3 rings (SSSR count). The van der Waals surface area contributed by atoms with E-state index in [-0.39, 0.29) is 18.9 Å². The van der Waals surface area contributed by atoms with Gasteiger partial charge in [0.25, 0.3) is 16.0 Å². The van der Waals surface area contributed by atoms with Crippen molar-refractivity contribution in [2.75, 3.05) is 38.5 Å². The van der Waals surface area contributed by atoms with Crippen LogP contribution in [0.4, 0.5) is 0 Å². The van der Waals surface area contributed by atoms with E-state index in [1.807, 2.05) is 13.0 Å². The van der Waals surface area contributed by atoms with Crippen molar-refractivity contribution < 1.29 is 22.5 Å². The highest BCUT2D eigenvalue weighted by Gasteiger charge is 2.22. The molecule has 180 valence electrons. The van der Waals surface area contributed by atoms with Crippen LogP contribution >= 0.6 is 23.2 Å². The van der Waals surface area contributed by atoms with Crippen LogP contribution in [0.1, 0.15) is 22.3 Å². The van der Waals surface area contributed by atoms with Crippen LogP contribution in [0.2, 0.25) is 10.0 Å². The summed E-state index contributed by atoms with van der Waals surface area (Å²) in [5, 5.41) is 1.19.